The Balaban J connectivity index is 2.03. The molecule has 2 amide bonds. The normalized spacial score (nSPS) is 16.9. The molecule has 114 valence electrons. The van der Waals surface area contributed by atoms with Gasteiger partial charge in [-0.3, -0.25) is 9.59 Å². The van der Waals surface area contributed by atoms with Crippen molar-refractivity contribution in [1.82, 2.24) is 10.2 Å². The van der Waals surface area contributed by atoms with Crippen molar-refractivity contribution in [3.05, 3.63) is 28.2 Å². The molecule has 0 radical (unpaired) electrons. The molecule has 1 saturated heterocycles. The van der Waals surface area contributed by atoms with E-state index in [0.717, 1.165) is 6.42 Å². The third-order valence-corrected chi connectivity index (χ3v) is 3.65. The highest BCUT2D eigenvalue weighted by Crippen LogP contribution is 2.28. The third kappa shape index (κ3) is 4.25. The molecule has 1 aromatic rings. The lowest BCUT2D eigenvalue weighted by molar-refractivity contribution is -0.140. The van der Waals surface area contributed by atoms with Crippen LogP contribution in [0.15, 0.2) is 18.2 Å². The van der Waals surface area contributed by atoms with Gasteiger partial charge in [0.25, 0.3) is 5.91 Å². The first-order chi connectivity index (χ1) is 9.97. The first kappa shape index (κ1) is 15.9. The summed E-state index contributed by atoms with van der Waals surface area (Å²) in [5.74, 6) is -0.00293. The lowest BCUT2D eigenvalue weighted by atomic mass is 10.3. The Hall–Kier alpha value is -1.46. The Morgan fingerprint density at radius 2 is 2.19 bits per heavy atom. The van der Waals surface area contributed by atoms with E-state index in [9.17, 15) is 9.59 Å². The number of rotatable bonds is 3. The summed E-state index contributed by atoms with van der Waals surface area (Å²) >= 11 is 11.8. The average Bonchev–Trinajstić information content (AvgIpc) is 2.65. The summed E-state index contributed by atoms with van der Waals surface area (Å²) in [6, 6.07) is 4.80. The minimum Gasteiger partial charge on any atom is -0.479 e. The number of halogens is 2. The van der Waals surface area contributed by atoms with Gasteiger partial charge in [-0.15, -0.1) is 0 Å². The van der Waals surface area contributed by atoms with Crippen LogP contribution in [0.5, 0.6) is 5.75 Å². The molecule has 2 rings (SSSR count). The van der Waals surface area contributed by atoms with Crippen molar-refractivity contribution in [3.63, 3.8) is 0 Å². The molecule has 1 atom stereocenters. The minimum atomic E-state index is -0.727. The number of amides is 2. The van der Waals surface area contributed by atoms with Gasteiger partial charge in [0.1, 0.15) is 5.75 Å². The predicted octanol–water partition coefficient (Wildman–Crippen LogP) is 2.11. The Bertz CT molecular complexity index is 551. The first-order valence-corrected chi connectivity index (χ1v) is 7.40. The zero-order chi connectivity index (χ0) is 15.4. The molecule has 1 fully saturated rings. The van der Waals surface area contributed by atoms with Gasteiger partial charge < -0.3 is 15.0 Å². The lowest BCUT2D eigenvalue weighted by Gasteiger charge is -2.23. The van der Waals surface area contributed by atoms with Crippen molar-refractivity contribution < 1.29 is 14.3 Å². The molecule has 1 unspecified atom stereocenters. The molecule has 0 spiro atoms. The largest absolute Gasteiger partial charge is 0.479 e. The van der Waals surface area contributed by atoms with E-state index in [-0.39, 0.29) is 18.4 Å². The molecule has 1 N–H and O–H groups in total. The monoisotopic (exact) mass is 330 g/mol. The number of ether oxygens (including phenoxy) is 1. The van der Waals surface area contributed by atoms with E-state index < -0.39 is 6.10 Å². The molecule has 0 aromatic heterocycles. The van der Waals surface area contributed by atoms with E-state index >= 15 is 0 Å². The summed E-state index contributed by atoms with van der Waals surface area (Å²) in [6.45, 7) is 2.80. The van der Waals surface area contributed by atoms with Crippen molar-refractivity contribution in [3.8, 4) is 5.75 Å². The number of nitrogens with one attached hydrogen (secondary N) is 1. The number of benzene rings is 1. The molecular formula is C14H16Cl2N2O3. The SMILES string of the molecule is CC(Oc1ccc(Cl)cc1Cl)C(=O)N1CCCNC(=O)C1. The third-order valence-electron chi connectivity index (χ3n) is 3.12. The number of hydrogen-bond donors (Lipinski definition) is 1. The van der Waals surface area contributed by atoms with Crippen LogP contribution >= 0.6 is 23.2 Å². The summed E-state index contributed by atoms with van der Waals surface area (Å²) in [6.07, 6.45) is 0.000832. The quantitative estimate of drug-likeness (QED) is 0.923. The topological polar surface area (TPSA) is 58.6 Å². The van der Waals surface area contributed by atoms with E-state index in [2.05, 4.69) is 5.32 Å². The summed E-state index contributed by atoms with van der Waals surface area (Å²) in [5, 5.41) is 3.56. The summed E-state index contributed by atoms with van der Waals surface area (Å²) in [7, 11) is 0. The Kier molecular flexibility index (Phi) is 5.31. The number of nitrogens with zero attached hydrogens (tertiary/aromatic N) is 1. The van der Waals surface area contributed by atoms with Crippen molar-refractivity contribution in [2.75, 3.05) is 19.6 Å². The fraction of sp³-hybridized carbons (Fsp3) is 0.429. The molecule has 0 bridgehead atoms. The fourth-order valence-corrected chi connectivity index (χ4v) is 2.52. The standard InChI is InChI=1S/C14H16Cl2N2O3/c1-9(21-12-4-3-10(15)7-11(12)16)14(20)18-6-2-5-17-13(19)8-18/h3-4,7,9H,2,5-6,8H2,1H3,(H,17,19). The highest BCUT2D eigenvalue weighted by molar-refractivity contribution is 6.35. The highest BCUT2D eigenvalue weighted by Gasteiger charge is 2.25. The van der Waals surface area contributed by atoms with E-state index in [4.69, 9.17) is 27.9 Å². The second kappa shape index (κ2) is 7.00. The van der Waals surface area contributed by atoms with Gasteiger partial charge in [0.2, 0.25) is 5.91 Å². The predicted molar refractivity (Wildman–Crippen MR) is 80.8 cm³/mol. The Morgan fingerprint density at radius 1 is 1.43 bits per heavy atom. The molecule has 1 aliphatic heterocycles. The maximum absolute atomic E-state index is 12.3. The molecule has 0 saturated carbocycles. The van der Waals surface area contributed by atoms with Crippen LogP contribution in [0, 0.1) is 0 Å². The van der Waals surface area contributed by atoms with Crippen LogP contribution in [0.2, 0.25) is 10.0 Å². The number of carbonyl (C=O) groups excluding carboxylic acids is 2. The fourth-order valence-electron chi connectivity index (χ4n) is 2.06. The van der Waals surface area contributed by atoms with E-state index in [1.165, 1.54) is 4.90 Å². The summed E-state index contributed by atoms with van der Waals surface area (Å²) < 4.78 is 5.58. The molecule has 1 aromatic carbocycles. The van der Waals surface area contributed by atoms with Gasteiger partial charge in [-0.2, -0.15) is 0 Å². The van der Waals surface area contributed by atoms with Gasteiger partial charge in [0.15, 0.2) is 6.10 Å². The van der Waals surface area contributed by atoms with Crippen molar-refractivity contribution >= 4 is 35.0 Å². The first-order valence-electron chi connectivity index (χ1n) is 6.64. The zero-order valence-electron chi connectivity index (χ0n) is 11.6. The van der Waals surface area contributed by atoms with Crippen molar-refractivity contribution in [1.29, 1.82) is 0 Å². The van der Waals surface area contributed by atoms with Gasteiger partial charge in [0, 0.05) is 18.1 Å². The lowest BCUT2D eigenvalue weighted by Crippen LogP contribution is -2.43. The van der Waals surface area contributed by atoms with E-state index in [1.54, 1.807) is 25.1 Å². The van der Waals surface area contributed by atoms with Gasteiger partial charge >= 0.3 is 0 Å². The smallest absolute Gasteiger partial charge is 0.263 e. The van der Waals surface area contributed by atoms with Crippen LogP contribution in [-0.4, -0.2) is 42.5 Å². The summed E-state index contributed by atoms with van der Waals surface area (Å²) in [4.78, 5) is 25.3. The molecule has 0 aliphatic carbocycles. The van der Waals surface area contributed by atoms with Crippen LogP contribution in [0.25, 0.3) is 0 Å². The van der Waals surface area contributed by atoms with E-state index in [0.29, 0.717) is 28.9 Å². The maximum Gasteiger partial charge on any atom is 0.263 e. The van der Waals surface area contributed by atoms with Crippen LogP contribution in [0.4, 0.5) is 0 Å². The van der Waals surface area contributed by atoms with Gasteiger partial charge in [0.05, 0.1) is 11.6 Å². The molecule has 5 nitrogen and oxygen atoms in total. The van der Waals surface area contributed by atoms with Crippen molar-refractivity contribution in [2.24, 2.45) is 0 Å². The van der Waals surface area contributed by atoms with E-state index in [1.807, 2.05) is 0 Å². The summed E-state index contributed by atoms with van der Waals surface area (Å²) in [5.41, 5.74) is 0. The van der Waals surface area contributed by atoms with Gasteiger partial charge in [-0.25, -0.2) is 0 Å². The van der Waals surface area contributed by atoms with Crippen LogP contribution in [-0.2, 0) is 9.59 Å². The maximum atomic E-state index is 12.3. The zero-order valence-corrected chi connectivity index (χ0v) is 13.1. The Labute approximate surface area is 133 Å². The highest BCUT2D eigenvalue weighted by atomic mass is 35.5. The second-order valence-corrected chi connectivity index (χ2v) is 5.64. The molecule has 7 heteroatoms. The molecule has 21 heavy (non-hydrogen) atoms. The molecular weight excluding hydrogens is 315 g/mol. The van der Waals surface area contributed by atoms with Gasteiger partial charge in [-0.05, 0) is 31.5 Å². The average molecular weight is 331 g/mol. The molecule has 1 heterocycles. The van der Waals surface area contributed by atoms with Crippen LogP contribution < -0.4 is 10.1 Å². The van der Waals surface area contributed by atoms with Crippen molar-refractivity contribution in [2.45, 2.75) is 19.4 Å². The molecule has 1 aliphatic rings. The Morgan fingerprint density at radius 3 is 2.90 bits per heavy atom. The number of carbonyl (C=O) groups is 2. The second-order valence-electron chi connectivity index (χ2n) is 4.80. The van der Waals surface area contributed by atoms with Crippen LogP contribution in [0.3, 0.4) is 0 Å². The number of hydrogen-bond acceptors (Lipinski definition) is 3. The van der Waals surface area contributed by atoms with Gasteiger partial charge in [-0.1, -0.05) is 23.2 Å². The minimum absolute atomic E-state index is 0.0564. The van der Waals surface area contributed by atoms with Crippen LogP contribution in [0.1, 0.15) is 13.3 Å².